The third-order valence-corrected chi connectivity index (χ3v) is 6.14. The topological polar surface area (TPSA) is 66.0 Å². The summed E-state index contributed by atoms with van der Waals surface area (Å²) in [6.45, 7) is 7.43. The normalized spacial score (nSPS) is 16.9. The lowest BCUT2D eigenvalue weighted by atomic mass is 9.84. The molecule has 2 N–H and O–H groups in total. The van der Waals surface area contributed by atoms with Crippen molar-refractivity contribution in [2.75, 3.05) is 40.3 Å². The Labute approximate surface area is 192 Å². The first-order chi connectivity index (χ1) is 15.4. The van der Waals surface area contributed by atoms with Gasteiger partial charge in [0.1, 0.15) is 5.75 Å². The Hall–Kier alpha value is -3.02. The summed E-state index contributed by atoms with van der Waals surface area (Å²) < 4.78 is 5.36. The second kappa shape index (κ2) is 11.0. The lowest BCUT2D eigenvalue weighted by molar-refractivity contribution is -0.127. The number of hydrogen-bond donors (Lipinski definition) is 2. The van der Waals surface area contributed by atoms with Crippen LogP contribution >= 0.6 is 0 Å². The summed E-state index contributed by atoms with van der Waals surface area (Å²) >= 11 is 0. The van der Waals surface area contributed by atoms with Crippen molar-refractivity contribution in [2.24, 2.45) is 10.9 Å². The van der Waals surface area contributed by atoms with Crippen LogP contribution in [-0.4, -0.2) is 57.1 Å². The highest BCUT2D eigenvalue weighted by molar-refractivity contribution is 5.81. The molecule has 1 saturated heterocycles. The number of carbonyl (C=O) groups excluding carboxylic acids is 1. The Kier molecular flexibility index (Phi) is 8.14. The van der Waals surface area contributed by atoms with Crippen LogP contribution in [-0.2, 0) is 16.6 Å². The molecule has 1 aliphatic heterocycles. The minimum atomic E-state index is -0.0935. The maximum Gasteiger partial charge on any atom is 0.223 e. The van der Waals surface area contributed by atoms with Gasteiger partial charge in [0, 0.05) is 51.0 Å². The smallest absolute Gasteiger partial charge is 0.223 e. The Bertz CT molecular complexity index is 911. The predicted molar refractivity (Wildman–Crippen MR) is 130 cm³/mol. The third-order valence-electron chi connectivity index (χ3n) is 6.14. The minimum Gasteiger partial charge on any atom is -0.497 e. The first-order valence-corrected chi connectivity index (χ1v) is 11.3. The van der Waals surface area contributed by atoms with Crippen LogP contribution in [0, 0.1) is 5.92 Å². The number of methoxy groups -OCH3 is 1. The first kappa shape index (κ1) is 23.6. The van der Waals surface area contributed by atoms with E-state index in [1.807, 2.05) is 35.2 Å². The van der Waals surface area contributed by atoms with Gasteiger partial charge in [-0.25, -0.2) is 0 Å². The van der Waals surface area contributed by atoms with Crippen LogP contribution in [0.5, 0.6) is 5.75 Å². The van der Waals surface area contributed by atoms with Gasteiger partial charge >= 0.3 is 0 Å². The van der Waals surface area contributed by atoms with Gasteiger partial charge in [-0.15, -0.1) is 0 Å². The summed E-state index contributed by atoms with van der Waals surface area (Å²) in [7, 11) is 3.46. The fourth-order valence-electron chi connectivity index (χ4n) is 4.03. The van der Waals surface area contributed by atoms with Crippen LogP contribution in [0.2, 0.25) is 0 Å². The number of amides is 1. The van der Waals surface area contributed by atoms with Crippen molar-refractivity contribution in [2.45, 2.75) is 32.1 Å². The van der Waals surface area contributed by atoms with Crippen LogP contribution in [0.25, 0.3) is 0 Å². The van der Waals surface area contributed by atoms with E-state index in [9.17, 15) is 4.79 Å². The molecule has 2 aromatic rings. The van der Waals surface area contributed by atoms with E-state index in [2.05, 4.69) is 53.7 Å². The molecule has 6 heteroatoms. The molecule has 1 aliphatic rings. The molecule has 32 heavy (non-hydrogen) atoms. The maximum absolute atomic E-state index is 12.4. The van der Waals surface area contributed by atoms with Gasteiger partial charge in [-0.2, -0.15) is 0 Å². The maximum atomic E-state index is 12.4. The van der Waals surface area contributed by atoms with Gasteiger partial charge in [0.2, 0.25) is 5.91 Å². The van der Waals surface area contributed by atoms with Crippen LogP contribution in [0.4, 0.5) is 0 Å². The van der Waals surface area contributed by atoms with Crippen LogP contribution < -0.4 is 15.4 Å². The van der Waals surface area contributed by atoms with Gasteiger partial charge in [0.25, 0.3) is 0 Å². The molecule has 1 amide bonds. The first-order valence-electron chi connectivity index (χ1n) is 11.3. The van der Waals surface area contributed by atoms with Gasteiger partial charge in [-0.3, -0.25) is 9.79 Å². The number of nitrogens with zero attached hydrogens (tertiary/aromatic N) is 2. The fraction of sp³-hybridized carbons (Fsp3) is 0.462. The van der Waals surface area contributed by atoms with E-state index in [0.717, 1.165) is 44.3 Å². The van der Waals surface area contributed by atoms with E-state index in [4.69, 9.17) is 4.74 Å². The molecule has 0 aliphatic carbocycles. The largest absolute Gasteiger partial charge is 0.497 e. The molecule has 0 bridgehead atoms. The number of rotatable bonds is 9. The van der Waals surface area contributed by atoms with Crippen molar-refractivity contribution < 1.29 is 9.53 Å². The molecule has 0 saturated carbocycles. The molecular weight excluding hydrogens is 400 g/mol. The number of ether oxygens (including phenoxy) is 1. The van der Waals surface area contributed by atoms with E-state index in [1.165, 1.54) is 11.1 Å². The van der Waals surface area contributed by atoms with Crippen molar-refractivity contribution in [1.82, 2.24) is 15.5 Å². The second-order valence-electron chi connectivity index (χ2n) is 9.07. The highest BCUT2D eigenvalue weighted by atomic mass is 16.5. The molecule has 6 nitrogen and oxygen atoms in total. The highest BCUT2D eigenvalue weighted by Crippen LogP contribution is 2.25. The zero-order chi connectivity index (χ0) is 23.0. The standard InChI is InChI=1S/C26H36N4O2/c1-26(2,22-11-8-12-23(16-22)32-4)19-29-25(27-3)28-17-21-15-24(31)30(18-21)14-13-20-9-6-5-7-10-20/h5-12,16,21H,13-15,17-19H2,1-4H3,(H2,27,28,29). The number of guanidine groups is 1. The van der Waals surface area contributed by atoms with Crippen molar-refractivity contribution >= 4 is 11.9 Å². The van der Waals surface area contributed by atoms with Crippen LogP contribution in [0.1, 0.15) is 31.4 Å². The van der Waals surface area contributed by atoms with Gasteiger partial charge in [0.05, 0.1) is 7.11 Å². The van der Waals surface area contributed by atoms with E-state index in [-0.39, 0.29) is 11.3 Å². The molecule has 0 spiro atoms. The van der Waals surface area contributed by atoms with Gasteiger partial charge in [-0.1, -0.05) is 56.3 Å². The molecule has 1 unspecified atom stereocenters. The molecule has 0 aromatic heterocycles. The van der Waals surface area contributed by atoms with E-state index >= 15 is 0 Å². The predicted octanol–water partition coefficient (Wildman–Crippen LogP) is 3.23. The molecule has 172 valence electrons. The molecule has 0 radical (unpaired) electrons. The van der Waals surface area contributed by atoms with E-state index in [0.29, 0.717) is 12.3 Å². The van der Waals surface area contributed by atoms with Crippen molar-refractivity contribution in [1.29, 1.82) is 0 Å². The van der Waals surface area contributed by atoms with Crippen molar-refractivity contribution in [3.8, 4) is 5.75 Å². The van der Waals surface area contributed by atoms with Crippen molar-refractivity contribution in [3.05, 3.63) is 65.7 Å². The van der Waals surface area contributed by atoms with Gasteiger partial charge in [0.15, 0.2) is 5.96 Å². The van der Waals surface area contributed by atoms with E-state index in [1.54, 1.807) is 14.2 Å². The number of benzene rings is 2. The zero-order valence-electron chi connectivity index (χ0n) is 19.7. The molecule has 1 heterocycles. The fourth-order valence-corrected chi connectivity index (χ4v) is 4.03. The Balaban J connectivity index is 1.45. The number of aliphatic imine (C=N–C) groups is 1. The SMILES string of the molecule is CN=C(NCC1CC(=O)N(CCc2ccccc2)C1)NCC(C)(C)c1cccc(OC)c1. The average Bonchev–Trinajstić information content (AvgIpc) is 3.17. The Morgan fingerprint density at radius 2 is 1.94 bits per heavy atom. The minimum absolute atomic E-state index is 0.0935. The quantitative estimate of drug-likeness (QED) is 0.468. The number of nitrogens with one attached hydrogen (secondary N) is 2. The third kappa shape index (κ3) is 6.49. The van der Waals surface area contributed by atoms with Gasteiger partial charge < -0.3 is 20.3 Å². The monoisotopic (exact) mass is 436 g/mol. The number of carbonyl (C=O) groups is 1. The molecule has 3 rings (SSSR count). The zero-order valence-corrected chi connectivity index (χ0v) is 19.7. The Morgan fingerprint density at radius 3 is 2.66 bits per heavy atom. The molecule has 1 fully saturated rings. The summed E-state index contributed by atoms with van der Waals surface area (Å²) in [5.41, 5.74) is 2.38. The van der Waals surface area contributed by atoms with E-state index < -0.39 is 0 Å². The van der Waals surface area contributed by atoms with Crippen LogP contribution in [0.3, 0.4) is 0 Å². The second-order valence-corrected chi connectivity index (χ2v) is 9.07. The van der Waals surface area contributed by atoms with Crippen molar-refractivity contribution in [3.63, 3.8) is 0 Å². The summed E-state index contributed by atoms with van der Waals surface area (Å²) in [6, 6.07) is 18.5. The summed E-state index contributed by atoms with van der Waals surface area (Å²) in [5, 5.41) is 6.85. The summed E-state index contributed by atoms with van der Waals surface area (Å²) in [5.74, 6) is 2.16. The summed E-state index contributed by atoms with van der Waals surface area (Å²) in [4.78, 5) is 18.8. The molecule has 1 atom stereocenters. The average molecular weight is 437 g/mol. The number of hydrogen-bond acceptors (Lipinski definition) is 3. The lowest BCUT2D eigenvalue weighted by Gasteiger charge is -2.27. The molecule has 2 aromatic carbocycles. The Morgan fingerprint density at radius 1 is 1.16 bits per heavy atom. The highest BCUT2D eigenvalue weighted by Gasteiger charge is 2.29. The lowest BCUT2D eigenvalue weighted by Crippen LogP contribution is -2.45. The summed E-state index contributed by atoms with van der Waals surface area (Å²) in [6.07, 6.45) is 1.49. The van der Waals surface area contributed by atoms with Gasteiger partial charge in [-0.05, 0) is 29.7 Å². The molecular formula is C26H36N4O2. The van der Waals surface area contributed by atoms with Crippen LogP contribution in [0.15, 0.2) is 59.6 Å². The number of likely N-dealkylation sites (tertiary alicyclic amines) is 1.